The summed E-state index contributed by atoms with van der Waals surface area (Å²) in [4.78, 5) is 17.7. The zero-order valence-corrected chi connectivity index (χ0v) is 21.1. The van der Waals surface area contributed by atoms with Gasteiger partial charge in [0.1, 0.15) is 0 Å². The first kappa shape index (κ1) is 23.5. The van der Waals surface area contributed by atoms with Crippen molar-refractivity contribution in [3.05, 3.63) is 64.0 Å². The predicted molar refractivity (Wildman–Crippen MR) is 136 cm³/mol. The lowest BCUT2D eigenvalue weighted by atomic mass is 9.90. The Hall–Kier alpha value is -2.26. The number of benzene rings is 2. The molecule has 0 spiro atoms. The molecule has 1 fully saturated rings. The van der Waals surface area contributed by atoms with Crippen LogP contribution in [-0.4, -0.2) is 36.7 Å². The Labute approximate surface area is 209 Å². The lowest BCUT2D eigenvalue weighted by Gasteiger charge is -2.30. The van der Waals surface area contributed by atoms with Crippen molar-refractivity contribution < 1.29 is 13.2 Å². The van der Waals surface area contributed by atoms with Crippen LogP contribution in [0.1, 0.15) is 36.8 Å². The van der Waals surface area contributed by atoms with Crippen molar-refractivity contribution in [3.63, 3.8) is 0 Å². The number of amides is 1. The molecular weight excluding hydrogens is 490 g/mol. The van der Waals surface area contributed by atoms with Crippen LogP contribution in [0.3, 0.4) is 0 Å². The van der Waals surface area contributed by atoms with E-state index in [4.69, 9.17) is 11.6 Å². The normalized spacial score (nSPS) is 17.3. The van der Waals surface area contributed by atoms with Gasteiger partial charge in [0, 0.05) is 35.0 Å². The Balaban J connectivity index is 1.19. The molecule has 178 valence electrons. The molecule has 1 aliphatic carbocycles. The van der Waals surface area contributed by atoms with Gasteiger partial charge in [0.05, 0.1) is 10.6 Å². The van der Waals surface area contributed by atoms with E-state index < -0.39 is 10.0 Å². The third kappa shape index (κ3) is 4.91. The standard InChI is InChI=1S/C25H26ClN3O3S2/c26-21-7-9-22(10-8-21)34(31,32)29-13-11-18(12-14-29)24(30)28-25-27-23(16-33-25)20-6-5-17-3-1-2-4-19(17)15-20/h5-10,15-16,18H,1-4,11-14H2,(H,27,28,30). The van der Waals surface area contributed by atoms with Crippen LogP contribution in [0.25, 0.3) is 11.3 Å². The molecule has 1 saturated heterocycles. The van der Waals surface area contributed by atoms with Crippen LogP contribution in [0.15, 0.2) is 52.7 Å². The summed E-state index contributed by atoms with van der Waals surface area (Å²) in [5.41, 5.74) is 4.79. The first-order chi connectivity index (χ1) is 16.4. The van der Waals surface area contributed by atoms with Gasteiger partial charge < -0.3 is 5.32 Å². The summed E-state index contributed by atoms with van der Waals surface area (Å²) in [6, 6.07) is 12.7. The number of fused-ring (bicyclic) bond motifs is 1. The lowest BCUT2D eigenvalue weighted by Crippen LogP contribution is -2.41. The van der Waals surface area contributed by atoms with E-state index >= 15 is 0 Å². The van der Waals surface area contributed by atoms with Crippen molar-refractivity contribution in [2.24, 2.45) is 5.92 Å². The second-order valence-electron chi connectivity index (χ2n) is 8.85. The average Bonchev–Trinajstić information content (AvgIpc) is 3.32. The second kappa shape index (κ2) is 9.77. The number of nitrogens with one attached hydrogen (secondary N) is 1. The van der Waals surface area contributed by atoms with Crippen molar-refractivity contribution >= 4 is 44.0 Å². The van der Waals surface area contributed by atoms with E-state index in [9.17, 15) is 13.2 Å². The van der Waals surface area contributed by atoms with Gasteiger partial charge in [0.25, 0.3) is 0 Å². The predicted octanol–water partition coefficient (Wildman–Crippen LogP) is 5.38. The number of hydrogen-bond acceptors (Lipinski definition) is 5. The number of rotatable bonds is 5. The minimum atomic E-state index is -3.59. The first-order valence-corrected chi connectivity index (χ1v) is 14.2. The Kier molecular flexibility index (Phi) is 6.75. The number of piperidine rings is 1. The van der Waals surface area contributed by atoms with Crippen molar-refractivity contribution in [1.29, 1.82) is 0 Å². The molecule has 0 unspecified atom stereocenters. The highest BCUT2D eigenvalue weighted by molar-refractivity contribution is 7.89. The molecule has 0 radical (unpaired) electrons. The fraction of sp³-hybridized carbons (Fsp3) is 0.360. The molecule has 2 aromatic carbocycles. The van der Waals surface area contributed by atoms with E-state index in [2.05, 4.69) is 28.5 Å². The third-order valence-corrected chi connectivity index (χ3v) is 9.58. The van der Waals surface area contributed by atoms with Crippen LogP contribution in [-0.2, 0) is 27.7 Å². The molecule has 0 saturated carbocycles. The molecule has 0 bridgehead atoms. The summed E-state index contributed by atoms with van der Waals surface area (Å²) in [6.45, 7) is 0.614. The Morgan fingerprint density at radius 1 is 1.03 bits per heavy atom. The molecule has 1 aliphatic heterocycles. The molecule has 1 amide bonds. The number of nitrogens with zero attached hydrogens (tertiary/aromatic N) is 2. The van der Waals surface area contributed by atoms with Crippen LogP contribution in [0.2, 0.25) is 5.02 Å². The molecule has 6 nitrogen and oxygen atoms in total. The molecule has 9 heteroatoms. The minimum Gasteiger partial charge on any atom is -0.302 e. The van der Waals surface area contributed by atoms with Gasteiger partial charge in [-0.05, 0) is 80.0 Å². The SMILES string of the molecule is O=C(Nc1nc(-c2ccc3c(c2)CCCC3)cs1)C1CCN(S(=O)(=O)c2ccc(Cl)cc2)CC1. The second-order valence-corrected chi connectivity index (χ2v) is 12.1. The average molecular weight is 516 g/mol. The Morgan fingerprint density at radius 2 is 1.74 bits per heavy atom. The first-order valence-electron chi connectivity index (χ1n) is 11.5. The molecular formula is C25H26ClN3O3S2. The van der Waals surface area contributed by atoms with E-state index in [1.54, 1.807) is 12.1 Å². The van der Waals surface area contributed by atoms with Crippen LogP contribution < -0.4 is 5.32 Å². The number of carbonyl (C=O) groups excluding carboxylic acids is 1. The smallest absolute Gasteiger partial charge is 0.243 e. The largest absolute Gasteiger partial charge is 0.302 e. The highest BCUT2D eigenvalue weighted by Gasteiger charge is 2.32. The molecule has 1 aromatic heterocycles. The van der Waals surface area contributed by atoms with Crippen LogP contribution in [0, 0.1) is 5.92 Å². The molecule has 2 heterocycles. The van der Waals surface area contributed by atoms with E-state index in [0.29, 0.717) is 36.1 Å². The minimum absolute atomic E-state index is 0.102. The summed E-state index contributed by atoms with van der Waals surface area (Å²) < 4.78 is 27.2. The summed E-state index contributed by atoms with van der Waals surface area (Å²) in [5, 5.41) is 5.98. The summed E-state index contributed by atoms with van der Waals surface area (Å²) in [6.07, 6.45) is 5.69. The lowest BCUT2D eigenvalue weighted by molar-refractivity contribution is -0.120. The number of carbonyl (C=O) groups is 1. The van der Waals surface area contributed by atoms with Gasteiger partial charge >= 0.3 is 0 Å². The van der Waals surface area contributed by atoms with E-state index in [1.165, 1.54) is 51.7 Å². The zero-order chi connectivity index (χ0) is 23.7. The van der Waals surface area contributed by atoms with Gasteiger partial charge in [-0.2, -0.15) is 4.31 Å². The van der Waals surface area contributed by atoms with Gasteiger partial charge in [-0.3, -0.25) is 4.79 Å². The highest BCUT2D eigenvalue weighted by Crippen LogP contribution is 2.31. The Bertz CT molecular complexity index is 1300. The number of halogens is 1. The molecule has 5 rings (SSSR count). The molecule has 2 aliphatic rings. The van der Waals surface area contributed by atoms with Gasteiger partial charge in [-0.25, -0.2) is 13.4 Å². The zero-order valence-electron chi connectivity index (χ0n) is 18.7. The maximum Gasteiger partial charge on any atom is 0.243 e. The van der Waals surface area contributed by atoms with E-state index in [-0.39, 0.29) is 16.7 Å². The van der Waals surface area contributed by atoms with Gasteiger partial charge in [0.15, 0.2) is 5.13 Å². The van der Waals surface area contributed by atoms with Crippen LogP contribution in [0.5, 0.6) is 0 Å². The number of thiazole rings is 1. The van der Waals surface area contributed by atoms with Crippen molar-refractivity contribution in [2.45, 2.75) is 43.4 Å². The van der Waals surface area contributed by atoms with E-state index in [0.717, 1.165) is 24.1 Å². The topological polar surface area (TPSA) is 79.4 Å². The maximum absolute atomic E-state index is 12.9. The summed E-state index contributed by atoms with van der Waals surface area (Å²) >= 11 is 7.29. The monoisotopic (exact) mass is 515 g/mol. The van der Waals surface area contributed by atoms with Crippen molar-refractivity contribution in [1.82, 2.24) is 9.29 Å². The highest BCUT2D eigenvalue weighted by atomic mass is 35.5. The van der Waals surface area contributed by atoms with Crippen molar-refractivity contribution in [2.75, 3.05) is 18.4 Å². The molecule has 1 N–H and O–H groups in total. The Morgan fingerprint density at radius 3 is 2.47 bits per heavy atom. The number of sulfonamides is 1. The molecule has 3 aromatic rings. The molecule has 0 atom stereocenters. The summed E-state index contributed by atoms with van der Waals surface area (Å²) in [5.74, 6) is -0.345. The van der Waals surface area contributed by atoms with Crippen molar-refractivity contribution in [3.8, 4) is 11.3 Å². The number of aryl methyl sites for hydroxylation is 2. The fourth-order valence-corrected chi connectivity index (χ4v) is 7.00. The van der Waals surface area contributed by atoms with Crippen LogP contribution in [0.4, 0.5) is 5.13 Å². The summed E-state index contributed by atoms with van der Waals surface area (Å²) in [7, 11) is -3.59. The van der Waals surface area contributed by atoms with Gasteiger partial charge in [-0.1, -0.05) is 23.7 Å². The molecule has 34 heavy (non-hydrogen) atoms. The number of anilines is 1. The van der Waals surface area contributed by atoms with Crippen LogP contribution >= 0.6 is 22.9 Å². The fourth-order valence-electron chi connectivity index (χ4n) is 4.68. The third-order valence-electron chi connectivity index (χ3n) is 6.65. The maximum atomic E-state index is 12.9. The number of hydrogen-bond donors (Lipinski definition) is 1. The van der Waals surface area contributed by atoms with Gasteiger partial charge in [-0.15, -0.1) is 11.3 Å². The van der Waals surface area contributed by atoms with Gasteiger partial charge in [0.2, 0.25) is 15.9 Å². The quantitative estimate of drug-likeness (QED) is 0.494. The number of aromatic nitrogens is 1. The van der Waals surface area contributed by atoms with E-state index in [1.807, 2.05) is 5.38 Å².